The summed E-state index contributed by atoms with van der Waals surface area (Å²) < 4.78 is 0. The van der Waals surface area contributed by atoms with Crippen molar-refractivity contribution in [1.82, 2.24) is 10.2 Å². The van der Waals surface area contributed by atoms with Gasteiger partial charge in [0.15, 0.2) is 0 Å². The lowest BCUT2D eigenvalue weighted by Crippen LogP contribution is -2.35. The average Bonchev–Trinajstić information content (AvgIpc) is 2.45. The molecule has 1 aromatic rings. The largest absolute Gasteiger partial charge is 0.399 e. The minimum Gasteiger partial charge on any atom is -0.399 e. The van der Waals surface area contributed by atoms with Crippen LogP contribution in [0.25, 0.3) is 0 Å². The zero-order valence-electron chi connectivity index (χ0n) is 12.2. The molecule has 2 amide bonds. The van der Waals surface area contributed by atoms with Gasteiger partial charge in [-0.05, 0) is 32.0 Å². The van der Waals surface area contributed by atoms with Crippen molar-refractivity contribution in [2.75, 3.05) is 37.7 Å². The Bertz CT molecular complexity index is 484. The first kappa shape index (κ1) is 15.8. The Balaban J connectivity index is 2.84. The van der Waals surface area contributed by atoms with Crippen LogP contribution in [0.15, 0.2) is 18.2 Å². The van der Waals surface area contributed by atoms with Gasteiger partial charge < -0.3 is 21.3 Å². The third-order valence-corrected chi connectivity index (χ3v) is 3.06. The number of carbonyl (C=O) groups excluding carboxylic acids is 2. The lowest BCUT2D eigenvalue weighted by molar-refractivity contribution is -0.128. The normalized spacial score (nSPS) is 9.95. The monoisotopic (exact) mass is 278 g/mol. The topological polar surface area (TPSA) is 87.5 Å². The maximum Gasteiger partial charge on any atom is 0.253 e. The molecule has 0 heterocycles. The van der Waals surface area contributed by atoms with Crippen molar-refractivity contribution in [2.45, 2.75) is 13.8 Å². The average molecular weight is 278 g/mol. The van der Waals surface area contributed by atoms with E-state index in [0.717, 1.165) is 0 Å². The molecular formula is C14H22N4O2. The predicted molar refractivity (Wildman–Crippen MR) is 80.7 cm³/mol. The second kappa shape index (κ2) is 7.37. The number of anilines is 2. The van der Waals surface area contributed by atoms with E-state index >= 15 is 0 Å². The van der Waals surface area contributed by atoms with Crippen LogP contribution in [0.1, 0.15) is 24.2 Å². The van der Waals surface area contributed by atoms with E-state index in [2.05, 4.69) is 10.6 Å². The fourth-order valence-electron chi connectivity index (χ4n) is 1.90. The second-order valence-corrected chi connectivity index (χ2v) is 4.30. The number of hydrogen-bond donors (Lipinski definition) is 3. The Morgan fingerprint density at radius 3 is 2.45 bits per heavy atom. The Hall–Kier alpha value is -2.24. The number of carbonyl (C=O) groups is 2. The first-order valence-corrected chi connectivity index (χ1v) is 6.66. The summed E-state index contributed by atoms with van der Waals surface area (Å²) in [5, 5.41) is 5.54. The maximum atomic E-state index is 11.9. The third kappa shape index (κ3) is 3.88. The van der Waals surface area contributed by atoms with E-state index in [1.807, 2.05) is 13.8 Å². The molecule has 0 bridgehead atoms. The predicted octanol–water partition coefficient (Wildman–Crippen LogP) is 0.909. The van der Waals surface area contributed by atoms with Crippen molar-refractivity contribution in [3.63, 3.8) is 0 Å². The fraction of sp³-hybridized carbons (Fsp3) is 0.429. The summed E-state index contributed by atoms with van der Waals surface area (Å²) >= 11 is 0. The van der Waals surface area contributed by atoms with Gasteiger partial charge in [-0.3, -0.25) is 9.59 Å². The van der Waals surface area contributed by atoms with Gasteiger partial charge in [0.1, 0.15) is 0 Å². The molecule has 0 fully saturated rings. The number of benzene rings is 1. The first-order chi connectivity index (χ1) is 9.53. The van der Waals surface area contributed by atoms with Gasteiger partial charge in [0.25, 0.3) is 5.91 Å². The molecule has 0 saturated carbocycles. The molecule has 0 saturated heterocycles. The molecule has 0 unspecified atom stereocenters. The minimum absolute atomic E-state index is 0.0136. The van der Waals surface area contributed by atoms with Crippen LogP contribution in [0, 0.1) is 0 Å². The number of likely N-dealkylation sites (N-methyl/N-ethyl adjacent to an activating group) is 1. The summed E-state index contributed by atoms with van der Waals surface area (Å²) in [6.45, 7) is 5.32. The van der Waals surface area contributed by atoms with Gasteiger partial charge in [-0.15, -0.1) is 0 Å². The van der Waals surface area contributed by atoms with Crippen molar-refractivity contribution in [3.8, 4) is 0 Å². The summed E-state index contributed by atoms with van der Waals surface area (Å²) in [6.07, 6.45) is 0. The highest BCUT2D eigenvalue weighted by Gasteiger charge is 2.13. The highest BCUT2D eigenvalue weighted by Crippen LogP contribution is 2.19. The molecule has 0 spiro atoms. The molecular weight excluding hydrogens is 256 g/mol. The minimum atomic E-state index is -0.220. The van der Waals surface area contributed by atoms with E-state index in [1.54, 1.807) is 30.1 Å². The number of nitrogens with zero attached hydrogens (tertiary/aromatic N) is 1. The van der Waals surface area contributed by atoms with E-state index in [9.17, 15) is 9.59 Å². The van der Waals surface area contributed by atoms with Crippen molar-refractivity contribution in [2.24, 2.45) is 0 Å². The number of nitrogens with one attached hydrogen (secondary N) is 2. The summed E-state index contributed by atoms with van der Waals surface area (Å²) in [7, 11) is 1.56. The van der Waals surface area contributed by atoms with Crippen LogP contribution >= 0.6 is 0 Å². The van der Waals surface area contributed by atoms with Crippen LogP contribution < -0.4 is 16.4 Å². The van der Waals surface area contributed by atoms with E-state index in [1.165, 1.54) is 0 Å². The molecule has 0 aliphatic rings. The second-order valence-electron chi connectivity index (χ2n) is 4.30. The Kier molecular flexibility index (Phi) is 5.83. The molecule has 6 nitrogen and oxygen atoms in total. The molecule has 0 aliphatic heterocycles. The van der Waals surface area contributed by atoms with Gasteiger partial charge in [0, 0.05) is 31.5 Å². The molecule has 0 atom stereocenters. The zero-order chi connectivity index (χ0) is 15.1. The lowest BCUT2D eigenvalue weighted by Gasteiger charge is -2.19. The summed E-state index contributed by atoms with van der Waals surface area (Å²) in [4.78, 5) is 25.4. The van der Waals surface area contributed by atoms with Gasteiger partial charge in [-0.1, -0.05) is 0 Å². The van der Waals surface area contributed by atoms with Crippen molar-refractivity contribution >= 4 is 23.2 Å². The molecule has 6 heteroatoms. The van der Waals surface area contributed by atoms with Crippen LogP contribution in [-0.4, -0.2) is 43.4 Å². The van der Waals surface area contributed by atoms with E-state index in [0.29, 0.717) is 30.0 Å². The highest BCUT2D eigenvalue weighted by atomic mass is 16.2. The molecule has 4 N–H and O–H groups in total. The number of rotatable bonds is 6. The van der Waals surface area contributed by atoms with Gasteiger partial charge in [0.05, 0.1) is 12.1 Å². The number of nitrogens with two attached hydrogens (primary N) is 1. The summed E-state index contributed by atoms with van der Waals surface area (Å²) in [5.74, 6) is -0.233. The lowest BCUT2D eigenvalue weighted by atomic mass is 10.1. The van der Waals surface area contributed by atoms with Crippen molar-refractivity contribution < 1.29 is 9.59 Å². The zero-order valence-corrected chi connectivity index (χ0v) is 12.2. The Morgan fingerprint density at radius 2 is 1.90 bits per heavy atom. The quantitative estimate of drug-likeness (QED) is 0.675. The van der Waals surface area contributed by atoms with Crippen molar-refractivity contribution in [3.05, 3.63) is 23.8 Å². The SMILES string of the molecule is CCN(CC)C(=O)CNc1cc(N)ccc1C(=O)NC. The third-order valence-electron chi connectivity index (χ3n) is 3.06. The standard InChI is InChI=1S/C14H22N4O2/c1-4-18(5-2)13(19)9-17-12-8-10(15)6-7-11(12)14(20)16-3/h6-8,17H,4-5,9,15H2,1-3H3,(H,16,20). The Labute approximate surface area is 119 Å². The van der Waals surface area contributed by atoms with Crippen LogP contribution in [0.3, 0.4) is 0 Å². The molecule has 0 aliphatic carbocycles. The first-order valence-electron chi connectivity index (χ1n) is 6.66. The van der Waals surface area contributed by atoms with Gasteiger partial charge in [-0.2, -0.15) is 0 Å². The number of hydrogen-bond acceptors (Lipinski definition) is 4. The van der Waals surface area contributed by atoms with Gasteiger partial charge in [0.2, 0.25) is 5.91 Å². The molecule has 110 valence electrons. The van der Waals surface area contributed by atoms with Gasteiger partial charge >= 0.3 is 0 Å². The van der Waals surface area contributed by atoms with E-state index in [4.69, 9.17) is 5.73 Å². The molecule has 1 aromatic carbocycles. The van der Waals surface area contributed by atoms with Crippen molar-refractivity contribution in [1.29, 1.82) is 0 Å². The van der Waals surface area contributed by atoms with Crippen LogP contribution in [-0.2, 0) is 4.79 Å². The Morgan fingerprint density at radius 1 is 1.25 bits per heavy atom. The molecule has 0 aromatic heterocycles. The molecule has 20 heavy (non-hydrogen) atoms. The van der Waals surface area contributed by atoms with Crippen LogP contribution in [0.5, 0.6) is 0 Å². The maximum absolute atomic E-state index is 11.9. The van der Waals surface area contributed by atoms with E-state index in [-0.39, 0.29) is 18.4 Å². The van der Waals surface area contributed by atoms with Gasteiger partial charge in [-0.25, -0.2) is 0 Å². The summed E-state index contributed by atoms with van der Waals surface area (Å²) in [5.41, 5.74) is 7.28. The fourth-order valence-corrected chi connectivity index (χ4v) is 1.90. The van der Waals surface area contributed by atoms with E-state index < -0.39 is 0 Å². The van der Waals surface area contributed by atoms with Crippen LogP contribution in [0.4, 0.5) is 11.4 Å². The smallest absolute Gasteiger partial charge is 0.253 e. The number of nitrogen functional groups attached to an aromatic ring is 1. The van der Waals surface area contributed by atoms with Crippen LogP contribution in [0.2, 0.25) is 0 Å². The highest BCUT2D eigenvalue weighted by molar-refractivity contribution is 6.00. The molecule has 1 rings (SSSR count). The number of amides is 2. The summed E-state index contributed by atoms with van der Waals surface area (Å²) in [6, 6.07) is 4.94. The molecule has 0 radical (unpaired) electrons.